The van der Waals surface area contributed by atoms with Crippen LogP contribution in [0.3, 0.4) is 0 Å². The van der Waals surface area contributed by atoms with Crippen LogP contribution in [0.15, 0.2) is 11.6 Å². The van der Waals surface area contributed by atoms with Gasteiger partial charge in [0.1, 0.15) is 11.6 Å². The first-order chi connectivity index (χ1) is 9.95. The third kappa shape index (κ3) is 1.71. The monoisotopic (exact) mass is 286 g/mol. The molecule has 0 spiro atoms. The van der Waals surface area contributed by atoms with Crippen molar-refractivity contribution < 1.29 is 9.59 Å². The van der Waals surface area contributed by atoms with Crippen LogP contribution in [-0.4, -0.2) is 11.6 Å². The molecule has 0 amide bonds. The second-order valence-electron chi connectivity index (χ2n) is 8.39. The maximum Gasteiger partial charge on any atom is 0.146 e. The van der Waals surface area contributed by atoms with E-state index >= 15 is 0 Å². The standard InChI is InChI=1S/C19H26O2/c1-18-9-7-13(20)11-12(18)3-4-14-15-5-6-17(21)19(15,2)10-8-16(14)18/h5,12,14,16H,3-4,6-11H2,1-2H3/t12-,14+,16-,18-,19+/m0/s1. The van der Waals surface area contributed by atoms with Crippen molar-refractivity contribution in [2.45, 2.75) is 65.2 Å². The van der Waals surface area contributed by atoms with E-state index in [1.54, 1.807) is 0 Å². The minimum absolute atomic E-state index is 0.144. The van der Waals surface area contributed by atoms with Gasteiger partial charge >= 0.3 is 0 Å². The van der Waals surface area contributed by atoms with Crippen LogP contribution in [0.1, 0.15) is 65.2 Å². The first-order valence-corrected chi connectivity index (χ1v) is 8.71. The fourth-order valence-electron chi connectivity index (χ4n) is 6.19. The Morgan fingerprint density at radius 3 is 2.71 bits per heavy atom. The van der Waals surface area contributed by atoms with Crippen LogP contribution in [0.2, 0.25) is 0 Å². The van der Waals surface area contributed by atoms with E-state index in [1.165, 1.54) is 24.8 Å². The van der Waals surface area contributed by atoms with Crippen molar-refractivity contribution in [1.29, 1.82) is 0 Å². The van der Waals surface area contributed by atoms with E-state index < -0.39 is 0 Å². The molecule has 0 N–H and O–H groups in total. The Morgan fingerprint density at radius 1 is 1.10 bits per heavy atom. The summed E-state index contributed by atoms with van der Waals surface area (Å²) in [6.07, 6.45) is 10.2. The number of carbonyl (C=O) groups excluding carboxylic acids is 2. The average molecular weight is 286 g/mol. The fraction of sp³-hybridized carbons (Fsp3) is 0.789. The van der Waals surface area contributed by atoms with Gasteiger partial charge < -0.3 is 0 Å². The number of ketones is 2. The predicted molar refractivity (Wildman–Crippen MR) is 81.7 cm³/mol. The third-order valence-electron chi connectivity index (χ3n) is 7.62. The highest BCUT2D eigenvalue weighted by Gasteiger charge is 2.57. The molecule has 114 valence electrons. The third-order valence-corrected chi connectivity index (χ3v) is 7.62. The Morgan fingerprint density at radius 2 is 1.90 bits per heavy atom. The molecule has 5 atom stereocenters. The number of hydrogen-bond donors (Lipinski definition) is 0. The molecular weight excluding hydrogens is 260 g/mol. The van der Waals surface area contributed by atoms with Crippen molar-refractivity contribution in [1.82, 2.24) is 0 Å². The minimum Gasteiger partial charge on any atom is -0.300 e. The molecule has 2 heteroatoms. The van der Waals surface area contributed by atoms with E-state index in [9.17, 15) is 9.59 Å². The smallest absolute Gasteiger partial charge is 0.146 e. The number of allylic oxidation sites excluding steroid dienone is 2. The number of rotatable bonds is 0. The van der Waals surface area contributed by atoms with Gasteiger partial charge in [0.25, 0.3) is 0 Å². The van der Waals surface area contributed by atoms with Gasteiger partial charge in [0.2, 0.25) is 0 Å². The van der Waals surface area contributed by atoms with Gasteiger partial charge in [-0.15, -0.1) is 0 Å². The Labute approximate surface area is 127 Å². The number of carbonyl (C=O) groups is 2. The molecule has 0 bridgehead atoms. The number of Topliss-reactive ketones (excluding diaryl/α,β-unsaturated/α-hetero) is 2. The summed E-state index contributed by atoms with van der Waals surface area (Å²) in [4.78, 5) is 24.2. The van der Waals surface area contributed by atoms with Gasteiger partial charge in [-0.3, -0.25) is 9.59 Å². The van der Waals surface area contributed by atoms with Crippen molar-refractivity contribution >= 4 is 11.6 Å². The zero-order valence-corrected chi connectivity index (χ0v) is 13.3. The van der Waals surface area contributed by atoms with Crippen LogP contribution < -0.4 is 0 Å². The number of hydrogen-bond acceptors (Lipinski definition) is 2. The highest BCUT2D eigenvalue weighted by Crippen LogP contribution is 2.63. The summed E-state index contributed by atoms with van der Waals surface area (Å²) in [5.41, 5.74) is 1.67. The van der Waals surface area contributed by atoms with Crippen LogP contribution in [0.4, 0.5) is 0 Å². The van der Waals surface area contributed by atoms with Gasteiger partial charge in [-0.1, -0.05) is 18.6 Å². The SMILES string of the molecule is C[C@@]12CC[C@H]3[C@H](CC[C@H]4CC(=O)CC[C@@]43C)C1=CCC2=O. The largest absolute Gasteiger partial charge is 0.300 e. The molecule has 0 radical (unpaired) electrons. The van der Waals surface area contributed by atoms with E-state index in [-0.39, 0.29) is 5.41 Å². The summed E-state index contributed by atoms with van der Waals surface area (Å²) in [5.74, 6) is 2.84. The van der Waals surface area contributed by atoms with Gasteiger partial charge in [0.15, 0.2) is 0 Å². The molecular formula is C19H26O2. The summed E-state index contributed by atoms with van der Waals surface area (Å²) in [5, 5.41) is 0. The molecule has 0 aromatic carbocycles. The number of fused-ring (bicyclic) bond motifs is 5. The molecule has 0 aliphatic heterocycles. The van der Waals surface area contributed by atoms with Crippen molar-refractivity contribution in [3.05, 3.63) is 11.6 Å². The minimum atomic E-state index is -0.144. The maximum absolute atomic E-state index is 12.3. The summed E-state index contributed by atoms with van der Waals surface area (Å²) in [6.45, 7) is 4.63. The molecule has 4 rings (SSSR count). The lowest BCUT2D eigenvalue weighted by Crippen LogP contribution is -2.51. The van der Waals surface area contributed by atoms with Crippen molar-refractivity contribution in [3.8, 4) is 0 Å². The van der Waals surface area contributed by atoms with Crippen LogP contribution in [-0.2, 0) is 9.59 Å². The highest BCUT2D eigenvalue weighted by molar-refractivity contribution is 5.92. The molecule has 0 heterocycles. The lowest BCUT2D eigenvalue weighted by atomic mass is 9.46. The highest BCUT2D eigenvalue weighted by atomic mass is 16.1. The van der Waals surface area contributed by atoms with Crippen LogP contribution in [0.5, 0.6) is 0 Å². The molecule has 2 nitrogen and oxygen atoms in total. The Bertz CT molecular complexity index is 546. The summed E-state index contributed by atoms with van der Waals surface area (Å²) in [6, 6.07) is 0. The van der Waals surface area contributed by atoms with Gasteiger partial charge in [0.05, 0.1) is 0 Å². The van der Waals surface area contributed by atoms with E-state index in [4.69, 9.17) is 0 Å². The maximum atomic E-state index is 12.3. The van der Waals surface area contributed by atoms with E-state index in [0.29, 0.717) is 41.2 Å². The second kappa shape index (κ2) is 4.30. The van der Waals surface area contributed by atoms with E-state index in [2.05, 4.69) is 19.9 Å². The molecule has 3 fully saturated rings. The second-order valence-corrected chi connectivity index (χ2v) is 8.39. The lowest BCUT2D eigenvalue weighted by Gasteiger charge is -2.57. The van der Waals surface area contributed by atoms with Gasteiger partial charge in [-0.2, -0.15) is 0 Å². The van der Waals surface area contributed by atoms with Gasteiger partial charge in [-0.25, -0.2) is 0 Å². The summed E-state index contributed by atoms with van der Waals surface area (Å²) in [7, 11) is 0. The molecule has 21 heavy (non-hydrogen) atoms. The first-order valence-electron chi connectivity index (χ1n) is 8.71. The van der Waals surface area contributed by atoms with Gasteiger partial charge in [-0.05, 0) is 62.2 Å². The van der Waals surface area contributed by atoms with E-state index in [0.717, 1.165) is 25.7 Å². The molecule has 4 aliphatic rings. The Kier molecular flexibility index (Phi) is 2.81. The summed E-state index contributed by atoms with van der Waals surface area (Å²) >= 11 is 0. The van der Waals surface area contributed by atoms with Crippen LogP contribution >= 0.6 is 0 Å². The quantitative estimate of drug-likeness (QED) is 0.629. The molecule has 0 unspecified atom stereocenters. The first kappa shape index (κ1) is 13.7. The van der Waals surface area contributed by atoms with Crippen LogP contribution in [0.25, 0.3) is 0 Å². The molecule has 0 aromatic rings. The zero-order chi connectivity index (χ0) is 14.8. The normalized spacial score (nSPS) is 49.2. The summed E-state index contributed by atoms with van der Waals surface area (Å²) < 4.78 is 0. The van der Waals surface area contributed by atoms with Crippen LogP contribution in [0, 0.1) is 28.6 Å². The van der Waals surface area contributed by atoms with Gasteiger partial charge in [0, 0.05) is 24.7 Å². The molecule has 4 aliphatic carbocycles. The molecule has 0 aromatic heterocycles. The van der Waals surface area contributed by atoms with Crippen molar-refractivity contribution in [3.63, 3.8) is 0 Å². The lowest BCUT2D eigenvalue weighted by molar-refractivity contribution is -0.133. The van der Waals surface area contributed by atoms with Crippen molar-refractivity contribution in [2.75, 3.05) is 0 Å². The zero-order valence-electron chi connectivity index (χ0n) is 13.3. The Hall–Kier alpha value is -0.920. The predicted octanol–water partition coefficient (Wildman–Crippen LogP) is 4.09. The van der Waals surface area contributed by atoms with E-state index in [1.807, 2.05) is 0 Å². The average Bonchev–Trinajstić information content (AvgIpc) is 2.76. The Balaban J connectivity index is 1.68. The fourth-order valence-corrected chi connectivity index (χ4v) is 6.19. The molecule has 3 saturated carbocycles. The molecule has 0 saturated heterocycles. The topological polar surface area (TPSA) is 34.1 Å². The van der Waals surface area contributed by atoms with Crippen molar-refractivity contribution in [2.24, 2.45) is 28.6 Å².